The van der Waals surface area contributed by atoms with Crippen LogP contribution < -0.4 is 10.6 Å². The van der Waals surface area contributed by atoms with Crippen LogP contribution in [0.25, 0.3) is 10.9 Å². The zero-order valence-corrected chi connectivity index (χ0v) is 11.2. The van der Waals surface area contributed by atoms with Gasteiger partial charge in [0.2, 0.25) is 5.91 Å². The molecule has 0 bridgehead atoms. The maximum atomic E-state index is 12.0. The molecule has 0 aliphatic carbocycles. The van der Waals surface area contributed by atoms with Gasteiger partial charge in [0.25, 0.3) is 0 Å². The number of aryl methyl sites for hydroxylation is 1. The molecule has 96 valence electrons. The van der Waals surface area contributed by atoms with Gasteiger partial charge in [-0.1, -0.05) is 18.2 Å². The molecule has 0 saturated carbocycles. The van der Waals surface area contributed by atoms with Crippen molar-refractivity contribution in [2.45, 2.75) is 13.0 Å². The van der Waals surface area contributed by atoms with Crippen LogP contribution >= 0.6 is 0 Å². The number of carbonyl (C=O) groups excluding carboxylic acids is 1. The average molecular weight is 245 g/mol. The van der Waals surface area contributed by atoms with Crippen LogP contribution in [0.2, 0.25) is 0 Å². The van der Waals surface area contributed by atoms with Crippen molar-refractivity contribution in [3.63, 3.8) is 0 Å². The summed E-state index contributed by atoms with van der Waals surface area (Å²) in [6.07, 6.45) is 0. The van der Waals surface area contributed by atoms with Gasteiger partial charge >= 0.3 is 0 Å². The molecule has 1 atom stereocenters. The maximum Gasteiger partial charge on any atom is 0.241 e. The zero-order valence-electron chi connectivity index (χ0n) is 11.2. The van der Waals surface area contributed by atoms with E-state index in [-0.39, 0.29) is 11.9 Å². The normalized spacial score (nSPS) is 12.7. The van der Waals surface area contributed by atoms with E-state index >= 15 is 0 Å². The molecule has 0 spiro atoms. The lowest BCUT2D eigenvalue weighted by molar-refractivity contribution is -0.122. The van der Waals surface area contributed by atoms with Gasteiger partial charge in [-0.3, -0.25) is 4.79 Å². The summed E-state index contributed by atoms with van der Waals surface area (Å²) in [4.78, 5) is 12.0. The van der Waals surface area contributed by atoms with Crippen molar-refractivity contribution < 1.29 is 4.79 Å². The second kappa shape index (κ2) is 4.82. The third-order valence-electron chi connectivity index (χ3n) is 3.53. The molecule has 4 heteroatoms. The lowest BCUT2D eigenvalue weighted by Crippen LogP contribution is -2.34. The molecule has 0 saturated heterocycles. The minimum atomic E-state index is -0.318. The summed E-state index contributed by atoms with van der Waals surface area (Å²) in [6, 6.07) is 7.83. The van der Waals surface area contributed by atoms with Crippen molar-refractivity contribution in [3.05, 3.63) is 35.5 Å². The topological polar surface area (TPSA) is 46.1 Å². The predicted octanol–water partition coefficient (Wildman–Crippen LogP) is 1.49. The van der Waals surface area contributed by atoms with E-state index < -0.39 is 0 Å². The third-order valence-corrected chi connectivity index (χ3v) is 3.53. The van der Waals surface area contributed by atoms with E-state index in [1.54, 1.807) is 14.1 Å². The molecule has 2 aromatic rings. The molecular formula is C14H19N3O. The van der Waals surface area contributed by atoms with Gasteiger partial charge in [-0.15, -0.1) is 0 Å². The van der Waals surface area contributed by atoms with E-state index in [2.05, 4.69) is 27.3 Å². The fourth-order valence-electron chi connectivity index (χ4n) is 2.47. The first kappa shape index (κ1) is 12.6. The zero-order chi connectivity index (χ0) is 13.3. The molecular weight excluding hydrogens is 226 g/mol. The Morgan fingerprint density at radius 1 is 1.28 bits per heavy atom. The van der Waals surface area contributed by atoms with Gasteiger partial charge in [-0.2, -0.15) is 0 Å². The second-order valence-electron chi connectivity index (χ2n) is 4.41. The maximum absolute atomic E-state index is 12.0. The van der Waals surface area contributed by atoms with Gasteiger partial charge in [0, 0.05) is 36.3 Å². The summed E-state index contributed by atoms with van der Waals surface area (Å²) in [5.74, 6) is -0.0167. The van der Waals surface area contributed by atoms with Crippen molar-refractivity contribution in [3.8, 4) is 0 Å². The van der Waals surface area contributed by atoms with E-state index in [0.29, 0.717) is 0 Å². The number of likely N-dealkylation sites (N-methyl/N-ethyl adjacent to an activating group) is 2. The van der Waals surface area contributed by atoms with Gasteiger partial charge in [-0.25, -0.2) is 0 Å². The molecule has 18 heavy (non-hydrogen) atoms. The largest absolute Gasteiger partial charge is 0.358 e. The molecule has 0 aliphatic heterocycles. The van der Waals surface area contributed by atoms with Crippen molar-refractivity contribution in [1.82, 2.24) is 15.2 Å². The Morgan fingerprint density at radius 2 is 1.94 bits per heavy atom. The van der Waals surface area contributed by atoms with Crippen LogP contribution in [0.4, 0.5) is 0 Å². The quantitative estimate of drug-likeness (QED) is 0.860. The second-order valence-corrected chi connectivity index (χ2v) is 4.41. The Balaban J connectivity index is 2.69. The van der Waals surface area contributed by atoms with Crippen molar-refractivity contribution in [2.75, 3.05) is 14.1 Å². The highest BCUT2D eigenvalue weighted by atomic mass is 16.2. The van der Waals surface area contributed by atoms with Gasteiger partial charge in [0.05, 0.1) is 0 Å². The highest BCUT2D eigenvalue weighted by Gasteiger charge is 2.24. The first-order chi connectivity index (χ1) is 8.61. The third kappa shape index (κ3) is 1.78. The SMILES string of the molecule is CNC(=O)C(NC)c1c(C)n(C)c2ccccc12. The molecule has 1 unspecified atom stereocenters. The fourth-order valence-corrected chi connectivity index (χ4v) is 2.47. The number of hydrogen-bond acceptors (Lipinski definition) is 2. The lowest BCUT2D eigenvalue weighted by Gasteiger charge is -2.15. The number of aromatic nitrogens is 1. The van der Waals surface area contributed by atoms with Crippen LogP contribution in [0, 0.1) is 6.92 Å². The molecule has 0 fully saturated rings. The summed E-state index contributed by atoms with van der Waals surface area (Å²) in [7, 11) is 5.49. The average Bonchev–Trinajstić information content (AvgIpc) is 2.65. The number of rotatable bonds is 3. The number of nitrogens with one attached hydrogen (secondary N) is 2. The molecule has 0 radical (unpaired) electrons. The molecule has 2 rings (SSSR count). The first-order valence-corrected chi connectivity index (χ1v) is 6.04. The highest BCUT2D eigenvalue weighted by Crippen LogP contribution is 2.29. The highest BCUT2D eigenvalue weighted by molar-refractivity contribution is 5.93. The number of para-hydroxylation sites is 1. The van der Waals surface area contributed by atoms with Crippen LogP contribution in [-0.4, -0.2) is 24.6 Å². The lowest BCUT2D eigenvalue weighted by atomic mass is 10.0. The summed E-state index contributed by atoms with van der Waals surface area (Å²) >= 11 is 0. The number of amides is 1. The Labute approximate surface area is 107 Å². The number of nitrogens with zero attached hydrogens (tertiary/aromatic N) is 1. The van der Waals surface area contributed by atoms with Gasteiger partial charge in [0.1, 0.15) is 6.04 Å². The minimum Gasteiger partial charge on any atom is -0.358 e. The van der Waals surface area contributed by atoms with Crippen molar-refractivity contribution in [2.24, 2.45) is 7.05 Å². The van der Waals surface area contributed by atoms with Crippen LogP contribution in [0.3, 0.4) is 0 Å². The molecule has 1 heterocycles. The van der Waals surface area contributed by atoms with Crippen LogP contribution in [0.1, 0.15) is 17.3 Å². The standard InChI is InChI=1S/C14H19N3O/c1-9-12(13(15-2)14(18)16-3)10-7-5-6-8-11(10)17(9)4/h5-8,13,15H,1-4H3,(H,16,18). The monoisotopic (exact) mass is 245 g/mol. The number of fused-ring (bicyclic) bond motifs is 1. The minimum absolute atomic E-state index is 0.0167. The van der Waals surface area contributed by atoms with E-state index in [0.717, 1.165) is 22.2 Å². The van der Waals surface area contributed by atoms with Gasteiger partial charge in [0.15, 0.2) is 0 Å². The van der Waals surface area contributed by atoms with E-state index in [4.69, 9.17) is 0 Å². The number of benzene rings is 1. The Morgan fingerprint density at radius 3 is 2.56 bits per heavy atom. The fraction of sp³-hybridized carbons (Fsp3) is 0.357. The smallest absolute Gasteiger partial charge is 0.241 e. The van der Waals surface area contributed by atoms with Crippen LogP contribution in [0.15, 0.2) is 24.3 Å². The molecule has 1 aromatic heterocycles. The molecule has 2 N–H and O–H groups in total. The van der Waals surface area contributed by atoms with Crippen molar-refractivity contribution in [1.29, 1.82) is 0 Å². The molecule has 1 amide bonds. The summed E-state index contributed by atoms with van der Waals surface area (Å²) in [5, 5.41) is 6.92. The summed E-state index contributed by atoms with van der Waals surface area (Å²) in [6.45, 7) is 2.04. The molecule has 1 aromatic carbocycles. The summed E-state index contributed by atoms with van der Waals surface area (Å²) in [5.41, 5.74) is 3.31. The summed E-state index contributed by atoms with van der Waals surface area (Å²) < 4.78 is 2.12. The first-order valence-electron chi connectivity index (χ1n) is 6.04. The number of hydrogen-bond donors (Lipinski definition) is 2. The number of carbonyl (C=O) groups is 1. The van der Waals surface area contributed by atoms with Gasteiger partial charge < -0.3 is 15.2 Å². The van der Waals surface area contributed by atoms with Gasteiger partial charge in [-0.05, 0) is 20.0 Å². The van der Waals surface area contributed by atoms with Crippen LogP contribution in [-0.2, 0) is 11.8 Å². The van der Waals surface area contributed by atoms with E-state index in [1.165, 1.54) is 0 Å². The molecule has 4 nitrogen and oxygen atoms in total. The van der Waals surface area contributed by atoms with E-state index in [9.17, 15) is 4.79 Å². The Bertz CT molecular complexity index is 586. The van der Waals surface area contributed by atoms with Crippen LogP contribution in [0.5, 0.6) is 0 Å². The Kier molecular flexibility index (Phi) is 3.39. The Hall–Kier alpha value is -1.81. The molecule has 0 aliphatic rings. The van der Waals surface area contributed by atoms with Crippen molar-refractivity contribution >= 4 is 16.8 Å². The van der Waals surface area contributed by atoms with E-state index in [1.807, 2.05) is 26.1 Å². The predicted molar refractivity (Wildman–Crippen MR) is 73.5 cm³/mol.